The Morgan fingerprint density at radius 3 is 2.68 bits per heavy atom. The van der Waals surface area contributed by atoms with Crippen molar-refractivity contribution in [2.75, 3.05) is 10.2 Å². The van der Waals surface area contributed by atoms with Crippen LogP contribution in [0.25, 0.3) is 0 Å². The standard InChI is InChI=1S/C21H22N2O2/c1-13-6-5-8-16(10-13)22-20(24)17-12-18(17)21(25)23-14(2)11-15-7-3-4-9-19(15)23/h3-10,14,17-18H,11-12H2,1-2H3,(H,22,24). The first-order chi connectivity index (χ1) is 12.0. The van der Waals surface area contributed by atoms with Crippen LogP contribution in [-0.4, -0.2) is 17.9 Å². The topological polar surface area (TPSA) is 49.4 Å². The molecule has 1 fully saturated rings. The summed E-state index contributed by atoms with van der Waals surface area (Å²) in [5.74, 6) is -0.377. The predicted molar refractivity (Wildman–Crippen MR) is 98.5 cm³/mol. The molecule has 2 aromatic carbocycles. The largest absolute Gasteiger partial charge is 0.326 e. The van der Waals surface area contributed by atoms with Crippen LogP contribution in [0, 0.1) is 18.8 Å². The lowest BCUT2D eigenvalue weighted by atomic mass is 10.1. The van der Waals surface area contributed by atoms with Crippen molar-refractivity contribution in [3.8, 4) is 0 Å². The molecule has 1 saturated carbocycles. The number of nitrogens with zero attached hydrogens (tertiary/aromatic N) is 1. The Morgan fingerprint density at radius 2 is 1.88 bits per heavy atom. The maximum Gasteiger partial charge on any atom is 0.231 e. The van der Waals surface area contributed by atoms with Gasteiger partial charge in [0, 0.05) is 17.4 Å². The van der Waals surface area contributed by atoms with Gasteiger partial charge in [0.25, 0.3) is 0 Å². The highest BCUT2D eigenvalue weighted by molar-refractivity contribution is 6.05. The molecule has 0 aromatic heterocycles. The second kappa shape index (κ2) is 6.03. The van der Waals surface area contributed by atoms with Crippen molar-refractivity contribution in [1.82, 2.24) is 0 Å². The molecule has 4 heteroatoms. The van der Waals surface area contributed by atoms with Crippen molar-refractivity contribution >= 4 is 23.2 Å². The maximum atomic E-state index is 12.9. The first-order valence-electron chi connectivity index (χ1n) is 8.83. The average molecular weight is 334 g/mol. The Balaban J connectivity index is 1.44. The molecule has 3 atom stereocenters. The van der Waals surface area contributed by atoms with Crippen molar-refractivity contribution < 1.29 is 9.59 Å². The molecule has 4 rings (SSSR count). The van der Waals surface area contributed by atoms with E-state index in [1.54, 1.807) is 0 Å². The Bertz CT molecular complexity index is 845. The highest BCUT2D eigenvalue weighted by atomic mass is 16.2. The van der Waals surface area contributed by atoms with E-state index >= 15 is 0 Å². The van der Waals surface area contributed by atoms with E-state index in [1.165, 1.54) is 5.56 Å². The van der Waals surface area contributed by atoms with Crippen LogP contribution in [0.15, 0.2) is 48.5 Å². The lowest BCUT2D eigenvalue weighted by Gasteiger charge is -2.23. The van der Waals surface area contributed by atoms with E-state index in [-0.39, 0.29) is 29.7 Å². The third-order valence-corrected chi connectivity index (χ3v) is 5.17. The number of rotatable bonds is 3. The maximum absolute atomic E-state index is 12.9. The van der Waals surface area contributed by atoms with Crippen LogP contribution >= 0.6 is 0 Å². The van der Waals surface area contributed by atoms with Gasteiger partial charge >= 0.3 is 0 Å². The van der Waals surface area contributed by atoms with Gasteiger partial charge in [-0.1, -0.05) is 30.3 Å². The summed E-state index contributed by atoms with van der Waals surface area (Å²) < 4.78 is 0. The minimum absolute atomic E-state index is 0.0518. The summed E-state index contributed by atoms with van der Waals surface area (Å²) in [5, 5.41) is 2.94. The molecule has 0 radical (unpaired) electrons. The number of hydrogen-bond acceptors (Lipinski definition) is 2. The number of para-hydroxylation sites is 1. The highest BCUT2D eigenvalue weighted by Gasteiger charge is 2.51. The molecular weight excluding hydrogens is 312 g/mol. The summed E-state index contributed by atoms with van der Waals surface area (Å²) in [6.45, 7) is 4.06. The Morgan fingerprint density at radius 1 is 1.08 bits per heavy atom. The van der Waals surface area contributed by atoms with Crippen LogP contribution in [-0.2, 0) is 16.0 Å². The number of aryl methyl sites for hydroxylation is 1. The molecule has 2 aliphatic rings. The lowest BCUT2D eigenvalue weighted by Crippen LogP contribution is -2.37. The summed E-state index contributed by atoms with van der Waals surface area (Å²) in [6.07, 6.45) is 1.52. The van der Waals surface area contributed by atoms with Gasteiger partial charge in [-0.05, 0) is 56.0 Å². The molecule has 1 N–H and O–H groups in total. The molecule has 3 unspecified atom stereocenters. The van der Waals surface area contributed by atoms with Gasteiger partial charge in [0.05, 0.1) is 11.8 Å². The van der Waals surface area contributed by atoms with E-state index in [9.17, 15) is 9.59 Å². The van der Waals surface area contributed by atoms with Crippen LogP contribution in [0.4, 0.5) is 11.4 Å². The fourth-order valence-electron chi connectivity index (χ4n) is 3.80. The minimum Gasteiger partial charge on any atom is -0.326 e. The lowest BCUT2D eigenvalue weighted by molar-refractivity contribution is -0.123. The van der Waals surface area contributed by atoms with Crippen molar-refractivity contribution in [3.05, 3.63) is 59.7 Å². The van der Waals surface area contributed by atoms with Crippen molar-refractivity contribution in [2.45, 2.75) is 32.7 Å². The molecular formula is C21H22N2O2. The molecule has 0 bridgehead atoms. The van der Waals surface area contributed by atoms with Gasteiger partial charge < -0.3 is 10.2 Å². The van der Waals surface area contributed by atoms with Crippen molar-refractivity contribution in [2.24, 2.45) is 11.8 Å². The molecule has 2 amide bonds. The summed E-state index contributed by atoms with van der Waals surface area (Å²) >= 11 is 0. The quantitative estimate of drug-likeness (QED) is 0.933. The molecule has 1 aliphatic carbocycles. The molecule has 1 heterocycles. The molecule has 2 aromatic rings. The minimum atomic E-state index is -0.215. The van der Waals surface area contributed by atoms with Crippen LogP contribution in [0.1, 0.15) is 24.5 Å². The average Bonchev–Trinajstić information content (AvgIpc) is 3.31. The third kappa shape index (κ3) is 2.93. The van der Waals surface area contributed by atoms with Crippen LogP contribution in [0.2, 0.25) is 0 Å². The fraction of sp³-hybridized carbons (Fsp3) is 0.333. The molecule has 25 heavy (non-hydrogen) atoms. The Labute approximate surface area is 147 Å². The molecule has 128 valence electrons. The number of carbonyl (C=O) groups is 2. The van der Waals surface area contributed by atoms with Crippen LogP contribution in [0.5, 0.6) is 0 Å². The number of fused-ring (bicyclic) bond motifs is 1. The number of amides is 2. The van der Waals surface area contributed by atoms with E-state index in [4.69, 9.17) is 0 Å². The van der Waals surface area contributed by atoms with Gasteiger partial charge in [-0.3, -0.25) is 9.59 Å². The zero-order valence-electron chi connectivity index (χ0n) is 14.5. The predicted octanol–water partition coefficient (Wildman–Crippen LogP) is 3.55. The summed E-state index contributed by atoms with van der Waals surface area (Å²) in [7, 11) is 0. The number of anilines is 2. The third-order valence-electron chi connectivity index (χ3n) is 5.17. The zero-order valence-corrected chi connectivity index (χ0v) is 14.5. The van der Waals surface area contributed by atoms with Crippen LogP contribution in [0.3, 0.4) is 0 Å². The normalized spacial score (nSPS) is 23.9. The highest BCUT2D eigenvalue weighted by Crippen LogP contribution is 2.44. The monoisotopic (exact) mass is 334 g/mol. The smallest absolute Gasteiger partial charge is 0.231 e. The van der Waals surface area contributed by atoms with E-state index in [2.05, 4.69) is 18.3 Å². The van der Waals surface area contributed by atoms with E-state index in [1.807, 2.05) is 54.3 Å². The van der Waals surface area contributed by atoms with Gasteiger partial charge in [-0.15, -0.1) is 0 Å². The van der Waals surface area contributed by atoms with Crippen molar-refractivity contribution in [1.29, 1.82) is 0 Å². The van der Waals surface area contributed by atoms with Crippen LogP contribution < -0.4 is 10.2 Å². The molecule has 0 spiro atoms. The van der Waals surface area contributed by atoms with E-state index in [0.29, 0.717) is 6.42 Å². The number of hydrogen-bond donors (Lipinski definition) is 1. The SMILES string of the molecule is Cc1cccc(NC(=O)C2CC2C(=O)N2c3ccccc3CC2C)c1. The van der Waals surface area contributed by atoms with E-state index < -0.39 is 0 Å². The van der Waals surface area contributed by atoms with Gasteiger partial charge in [-0.25, -0.2) is 0 Å². The number of benzene rings is 2. The second-order valence-electron chi connectivity index (χ2n) is 7.20. The van der Waals surface area contributed by atoms with E-state index in [0.717, 1.165) is 23.4 Å². The first kappa shape index (κ1) is 15.9. The molecule has 4 nitrogen and oxygen atoms in total. The van der Waals surface area contributed by atoms with Gasteiger partial charge in [-0.2, -0.15) is 0 Å². The Kier molecular flexibility index (Phi) is 3.83. The summed E-state index contributed by atoms with van der Waals surface area (Å²) in [5.41, 5.74) is 4.11. The van der Waals surface area contributed by atoms with Gasteiger partial charge in [0.1, 0.15) is 0 Å². The molecule has 0 saturated heterocycles. The first-order valence-corrected chi connectivity index (χ1v) is 8.83. The number of carbonyl (C=O) groups excluding carboxylic acids is 2. The fourth-order valence-corrected chi connectivity index (χ4v) is 3.80. The second-order valence-corrected chi connectivity index (χ2v) is 7.20. The summed E-state index contributed by atoms with van der Waals surface area (Å²) in [6, 6.07) is 15.9. The zero-order chi connectivity index (χ0) is 17.6. The molecule has 1 aliphatic heterocycles. The van der Waals surface area contributed by atoms with Gasteiger partial charge in [0.2, 0.25) is 11.8 Å². The van der Waals surface area contributed by atoms with Crippen molar-refractivity contribution in [3.63, 3.8) is 0 Å². The number of nitrogens with one attached hydrogen (secondary N) is 1. The summed E-state index contributed by atoms with van der Waals surface area (Å²) in [4.78, 5) is 27.3. The van der Waals surface area contributed by atoms with Gasteiger partial charge in [0.15, 0.2) is 0 Å². The Hall–Kier alpha value is -2.62.